The van der Waals surface area contributed by atoms with Gasteiger partial charge >= 0.3 is 0 Å². The van der Waals surface area contributed by atoms with E-state index in [1.165, 1.54) is 0 Å². The van der Waals surface area contributed by atoms with Gasteiger partial charge in [-0.25, -0.2) is 0 Å². The maximum atomic E-state index is 10.8. The Hall–Kier alpha value is -0.840. The molecule has 1 aromatic carbocycles. The van der Waals surface area contributed by atoms with Gasteiger partial charge in [-0.3, -0.25) is 4.68 Å². The van der Waals surface area contributed by atoms with E-state index in [2.05, 4.69) is 21.0 Å². The highest BCUT2D eigenvalue weighted by Gasteiger charge is 2.31. The summed E-state index contributed by atoms with van der Waals surface area (Å²) in [6.45, 7) is 4.44. The highest BCUT2D eigenvalue weighted by Crippen LogP contribution is 2.34. The summed E-state index contributed by atoms with van der Waals surface area (Å²) in [4.78, 5) is 0. The lowest BCUT2D eigenvalue weighted by Crippen LogP contribution is -2.27. The van der Waals surface area contributed by atoms with E-state index in [0.29, 0.717) is 11.6 Å². The predicted octanol–water partition coefficient (Wildman–Crippen LogP) is 3.57. The molecule has 1 aromatic heterocycles. The molecule has 2 rings (SSSR count). The maximum Gasteiger partial charge on any atom is 0.129 e. The van der Waals surface area contributed by atoms with Crippen LogP contribution in [0.4, 0.5) is 0 Å². The minimum atomic E-state index is -1.12. The second kappa shape index (κ2) is 5.03. The lowest BCUT2D eigenvalue weighted by Gasteiger charge is -2.25. The Morgan fingerprint density at radius 3 is 2.56 bits per heavy atom. The van der Waals surface area contributed by atoms with Crippen molar-refractivity contribution in [2.45, 2.75) is 26.0 Å². The molecule has 18 heavy (non-hydrogen) atoms. The number of aromatic nitrogens is 2. The van der Waals surface area contributed by atoms with E-state index >= 15 is 0 Å². The number of aliphatic hydroxyl groups is 1. The zero-order chi connectivity index (χ0) is 13.3. The second-order valence-electron chi connectivity index (χ2n) is 4.24. The Kier molecular flexibility index (Phi) is 3.80. The molecule has 0 aliphatic heterocycles. The Morgan fingerprint density at radius 1 is 1.39 bits per heavy atom. The monoisotopic (exact) mass is 328 g/mol. The molecule has 0 spiro atoms. The molecule has 0 radical (unpaired) electrons. The average Bonchev–Trinajstić information content (AvgIpc) is 2.71. The summed E-state index contributed by atoms with van der Waals surface area (Å²) in [5.74, 6) is 0. The van der Waals surface area contributed by atoms with E-state index in [-0.39, 0.29) is 0 Å². The van der Waals surface area contributed by atoms with Crippen molar-refractivity contribution in [1.29, 1.82) is 0 Å². The highest BCUT2D eigenvalue weighted by molar-refractivity contribution is 9.10. The van der Waals surface area contributed by atoms with Gasteiger partial charge in [-0.2, -0.15) is 5.10 Å². The fourth-order valence-corrected chi connectivity index (χ4v) is 2.81. The van der Waals surface area contributed by atoms with Crippen molar-refractivity contribution in [1.82, 2.24) is 9.78 Å². The summed E-state index contributed by atoms with van der Waals surface area (Å²) in [6, 6.07) is 7.18. The van der Waals surface area contributed by atoms with Crippen LogP contribution in [0.15, 0.2) is 34.9 Å². The third-order valence-corrected chi connectivity index (χ3v) is 3.79. The molecule has 1 heterocycles. The summed E-state index contributed by atoms with van der Waals surface area (Å²) < 4.78 is 2.57. The highest BCUT2D eigenvalue weighted by atomic mass is 79.9. The SMILES string of the molecule is CCn1ncc(Br)c1C(C)(O)c1ccc(Cl)cc1. The number of rotatable bonds is 3. The van der Waals surface area contributed by atoms with Crippen LogP contribution in [0.5, 0.6) is 0 Å². The normalized spacial score (nSPS) is 14.5. The summed E-state index contributed by atoms with van der Waals surface area (Å²) in [7, 11) is 0. The molecule has 0 saturated carbocycles. The first-order valence-electron chi connectivity index (χ1n) is 5.67. The minimum absolute atomic E-state index is 0.651. The molecule has 0 bridgehead atoms. The number of aryl methyl sites for hydroxylation is 1. The van der Waals surface area contributed by atoms with Gasteiger partial charge in [0.25, 0.3) is 0 Å². The molecular formula is C13H14BrClN2O. The van der Waals surface area contributed by atoms with Crippen molar-refractivity contribution in [2.75, 3.05) is 0 Å². The van der Waals surface area contributed by atoms with E-state index in [9.17, 15) is 5.11 Å². The van der Waals surface area contributed by atoms with Gasteiger partial charge in [-0.15, -0.1) is 0 Å². The molecule has 3 nitrogen and oxygen atoms in total. The summed E-state index contributed by atoms with van der Waals surface area (Å²) in [5, 5.41) is 15.7. The smallest absolute Gasteiger partial charge is 0.129 e. The largest absolute Gasteiger partial charge is 0.379 e. The molecule has 1 unspecified atom stereocenters. The first kappa shape index (κ1) is 13.6. The number of hydrogen-bond acceptors (Lipinski definition) is 2. The predicted molar refractivity (Wildman–Crippen MR) is 75.7 cm³/mol. The van der Waals surface area contributed by atoms with Crippen LogP contribution in [-0.4, -0.2) is 14.9 Å². The molecule has 1 atom stereocenters. The van der Waals surface area contributed by atoms with Gasteiger partial charge in [0.2, 0.25) is 0 Å². The van der Waals surface area contributed by atoms with Crippen LogP contribution in [0.25, 0.3) is 0 Å². The van der Waals surface area contributed by atoms with Gasteiger partial charge < -0.3 is 5.11 Å². The van der Waals surface area contributed by atoms with Gasteiger partial charge in [-0.1, -0.05) is 23.7 Å². The van der Waals surface area contributed by atoms with Gasteiger partial charge in [0.05, 0.1) is 16.4 Å². The lowest BCUT2D eigenvalue weighted by molar-refractivity contribution is 0.0910. The van der Waals surface area contributed by atoms with Crippen molar-refractivity contribution in [3.05, 3.63) is 51.2 Å². The Bertz CT molecular complexity index is 549. The summed E-state index contributed by atoms with van der Waals surface area (Å²) >= 11 is 9.30. The molecule has 2 aromatic rings. The fourth-order valence-electron chi connectivity index (χ4n) is 2.00. The van der Waals surface area contributed by atoms with Crippen LogP contribution in [0.3, 0.4) is 0 Å². The molecule has 0 fully saturated rings. The summed E-state index contributed by atoms with van der Waals surface area (Å²) in [5.41, 5.74) is 0.408. The fraction of sp³-hybridized carbons (Fsp3) is 0.308. The molecule has 0 saturated heterocycles. The first-order valence-corrected chi connectivity index (χ1v) is 6.84. The van der Waals surface area contributed by atoms with E-state index in [4.69, 9.17) is 11.6 Å². The van der Waals surface area contributed by atoms with Crippen molar-refractivity contribution in [3.8, 4) is 0 Å². The Balaban J connectivity index is 2.53. The molecule has 5 heteroatoms. The third kappa shape index (κ3) is 2.32. The van der Waals surface area contributed by atoms with E-state index in [1.807, 2.05) is 19.1 Å². The topological polar surface area (TPSA) is 38.0 Å². The first-order chi connectivity index (χ1) is 8.46. The van der Waals surface area contributed by atoms with Crippen molar-refractivity contribution in [3.63, 3.8) is 0 Å². The Labute approximate surface area is 120 Å². The Morgan fingerprint density at radius 2 is 2.00 bits per heavy atom. The molecule has 0 aliphatic carbocycles. The van der Waals surface area contributed by atoms with Crippen LogP contribution in [0, 0.1) is 0 Å². The molecule has 1 N–H and O–H groups in total. The lowest BCUT2D eigenvalue weighted by atomic mass is 9.92. The quantitative estimate of drug-likeness (QED) is 0.935. The summed E-state index contributed by atoms with van der Waals surface area (Å²) in [6.07, 6.45) is 1.70. The van der Waals surface area contributed by atoms with Crippen LogP contribution in [0.2, 0.25) is 5.02 Å². The molecule has 0 aliphatic rings. The zero-order valence-electron chi connectivity index (χ0n) is 10.2. The molecular weight excluding hydrogens is 316 g/mol. The van der Waals surface area contributed by atoms with Crippen LogP contribution in [0.1, 0.15) is 25.1 Å². The number of benzene rings is 1. The van der Waals surface area contributed by atoms with E-state index in [0.717, 1.165) is 15.7 Å². The molecule has 96 valence electrons. The number of hydrogen-bond donors (Lipinski definition) is 1. The van der Waals surface area contributed by atoms with Gasteiger partial charge in [0, 0.05) is 11.6 Å². The van der Waals surface area contributed by atoms with Crippen LogP contribution in [-0.2, 0) is 12.1 Å². The van der Waals surface area contributed by atoms with Crippen molar-refractivity contribution >= 4 is 27.5 Å². The van der Waals surface area contributed by atoms with Crippen LogP contribution < -0.4 is 0 Å². The van der Waals surface area contributed by atoms with Gasteiger partial charge in [0.1, 0.15) is 5.60 Å². The maximum absolute atomic E-state index is 10.8. The second-order valence-corrected chi connectivity index (χ2v) is 5.53. The van der Waals surface area contributed by atoms with E-state index < -0.39 is 5.60 Å². The van der Waals surface area contributed by atoms with Crippen molar-refractivity contribution in [2.24, 2.45) is 0 Å². The minimum Gasteiger partial charge on any atom is -0.379 e. The van der Waals surface area contributed by atoms with Crippen LogP contribution >= 0.6 is 27.5 Å². The standard InChI is InChI=1S/C13H14BrClN2O/c1-3-17-12(11(14)8-16-17)13(2,18)9-4-6-10(15)7-5-9/h4-8,18H,3H2,1-2H3. The number of halogens is 2. The zero-order valence-corrected chi connectivity index (χ0v) is 12.5. The third-order valence-electron chi connectivity index (χ3n) is 2.96. The van der Waals surface area contributed by atoms with E-state index in [1.54, 1.807) is 29.9 Å². The molecule has 0 amide bonds. The average molecular weight is 330 g/mol. The van der Waals surface area contributed by atoms with Gasteiger partial charge in [-0.05, 0) is 47.5 Å². The van der Waals surface area contributed by atoms with Gasteiger partial charge in [0.15, 0.2) is 0 Å². The van der Waals surface area contributed by atoms with Crippen molar-refractivity contribution < 1.29 is 5.11 Å². The number of nitrogens with zero attached hydrogens (tertiary/aromatic N) is 2.